The lowest BCUT2D eigenvalue weighted by atomic mass is 10.1. The number of amides is 2. The lowest BCUT2D eigenvalue weighted by Crippen LogP contribution is -2.31. The molecule has 1 atom stereocenters. The van der Waals surface area contributed by atoms with E-state index < -0.39 is 34.4 Å². The van der Waals surface area contributed by atoms with Gasteiger partial charge in [0.15, 0.2) is 0 Å². The number of pyridine rings is 1. The summed E-state index contributed by atoms with van der Waals surface area (Å²) in [5.74, 6) is -1.05. The molecule has 1 fully saturated rings. The fraction of sp³-hybridized carbons (Fsp3) is 0.130. The van der Waals surface area contributed by atoms with Crippen molar-refractivity contribution >= 4 is 45.2 Å². The Kier molecular flexibility index (Phi) is 6.28. The van der Waals surface area contributed by atoms with Crippen molar-refractivity contribution in [1.29, 1.82) is 5.26 Å². The number of aromatic nitrogens is 1. The summed E-state index contributed by atoms with van der Waals surface area (Å²) in [4.78, 5) is 30.8. The first-order valence-electron chi connectivity index (χ1n) is 9.56. The van der Waals surface area contributed by atoms with Gasteiger partial charge in [0.1, 0.15) is 11.1 Å². The van der Waals surface area contributed by atoms with Gasteiger partial charge >= 0.3 is 6.18 Å². The number of benzene rings is 2. The maximum absolute atomic E-state index is 13.8. The monoisotopic (exact) mass is 531 g/mol. The van der Waals surface area contributed by atoms with Crippen molar-refractivity contribution in [2.45, 2.75) is 22.9 Å². The van der Waals surface area contributed by atoms with Crippen LogP contribution < -0.4 is 4.90 Å². The first-order chi connectivity index (χ1) is 15.7. The van der Waals surface area contributed by atoms with Gasteiger partial charge in [-0.25, -0.2) is 9.88 Å². The first-order valence-corrected chi connectivity index (χ1v) is 11.2. The minimum Gasteiger partial charge on any atom is -0.274 e. The molecule has 4 rings (SSSR count). The van der Waals surface area contributed by atoms with Crippen LogP contribution in [0.5, 0.6) is 0 Å². The number of hydrogen-bond acceptors (Lipinski definition) is 5. The molecule has 0 aliphatic carbocycles. The molecule has 0 N–H and O–H groups in total. The highest BCUT2D eigenvalue weighted by Crippen LogP contribution is 2.41. The van der Waals surface area contributed by atoms with Gasteiger partial charge in [0.05, 0.1) is 27.8 Å². The Morgan fingerprint density at radius 3 is 2.36 bits per heavy atom. The highest BCUT2D eigenvalue weighted by Gasteiger charge is 2.42. The fourth-order valence-electron chi connectivity index (χ4n) is 3.39. The zero-order valence-electron chi connectivity index (χ0n) is 16.6. The molecule has 1 saturated heterocycles. The molecule has 0 radical (unpaired) electrons. The summed E-state index contributed by atoms with van der Waals surface area (Å²) in [6.07, 6.45) is -5.02. The largest absolute Gasteiger partial charge is 0.417 e. The number of carbonyl (C=O) groups excluding carboxylic acids is 2. The highest BCUT2D eigenvalue weighted by atomic mass is 79.9. The molecule has 0 spiro atoms. The van der Waals surface area contributed by atoms with E-state index in [0.29, 0.717) is 23.0 Å². The molecular formula is C23H13BrF3N3O2S. The SMILES string of the molecule is N#Cc1c(C(F)(F)F)cc(-c2ccccc2)nc1S[C@@H]1CC(=O)N(c2ccc(Br)cc2)C1=O. The van der Waals surface area contributed by atoms with Crippen LogP contribution in [0.1, 0.15) is 17.5 Å². The molecule has 2 amide bonds. The Morgan fingerprint density at radius 1 is 1.09 bits per heavy atom. The number of rotatable bonds is 4. The molecular weight excluding hydrogens is 519 g/mol. The number of thioether (sulfide) groups is 1. The fourth-order valence-corrected chi connectivity index (χ4v) is 4.78. The summed E-state index contributed by atoms with van der Waals surface area (Å²) >= 11 is 3.98. The smallest absolute Gasteiger partial charge is 0.274 e. The number of anilines is 1. The summed E-state index contributed by atoms with van der Waals surface area (Å²) in [5, 5.41) is 8.25. The molecule has 3 aromatic rings. The molecule has 0 saturated carbocycles. The van der Waals surface area contributed by atoms with E-state index in [1.165, 1.54) is 0 Å². The van der Waals surface area contributed by atoms with Crippen molar-refractivity contribution in [1.82, 2.24) is 4.98 Å². The molecule has 0 bridgehead atoms. The Bertz CT molecular complexity index is 1280. The topological polar surface area (TPSA) is 74.1 Å². The first kappa shape index (κ1) is 23.0. The van der Waals surface area contributed by atoms with Crippen molar-refractivity contribution in [3.8, 4) is 17.3 Å². The maximum atomic E-state index is 13.8. The third-order valence-corrected chi connectivity index (χ3v) is 6.62. The zero-order valence-corrected chi connectivity index (χ0v) is 19.0. The standard InChI is InChI=1S/C23H13BrF3N3O2S/c24-14-6-8-15(9-7-14)30-20(31)11-19(22(30)32)33-21-16(12-28)17(23(25,26)27)10-18(29-21)13-4-2-1-3-5-13/h1-10,19H,11H2/t19-/m1/s1. The summed E-state index contributed by atoms with van der Waals surface area (Å²) in [6.45, 7) is 0. The summed E-state index contributed by atoms with van der Waals surface area (Å²) in [6, 6.07) is 17.2. The van der Waals surface area contributed by atoms with Crippen LogP contribution in [-0.4, -0.2) is 22.0 Å². The summed E-state index contributed by atoms with van der Waals surface area (Å²) < 4.78 is 42.0. The Labute approximate surface area is 199 Å². The highest BCUT2D eigenvalue weighted by molar-refractivity contribution is 9.10. The normalized spacial score (nSPS) is 16.2. The molecule has 10 heteroatoms. The third kappa shape index (κ3) is 4.65. The van der Waals surface area contributed by atoms with Crippen LogP contribution in [0, 0.1) is 11.3 Å². The Hall–Kier alpha value is -3.16. The van der Waals surface area contributed by atoms with E-state index in [1.807, 2.05) is 0 Å². The average molecular weight is 532 g/mol. The molecule has 1 aromatic heterocycles. The molecule has 0 unspecified atom stereocenters. The summed E-state index contributed by atoms with van der Waals surface area (Å²) in [7, 11) is 0. The van der Waals surface area contributed by atoms with Gasteiger partial charge in [-0.15, -0.1) is 0 Å². The molecule has 2 heterocycles. The van der Waals surface area contributed by atoms with Crippen LogP contribution >= 0.6 is 27.7 Å². The average Bonchev–Trinajstić information content (AvgIpc) is 3.06. The van der Waals surface area contributed by atoms with Gasteiger partial charge in [-0.3, -0.25) is 9.59 Å². The van der Waals surface area contributed by atoms with Crippen LogP contribution in [-0.2, 0) is 15.8 Å². The minimum atomic E-state index is -4.80. The number of nitriles is 1. The number of hydrogen-bond donors (Lipinski definition) is 0. The molecule has 166 valence electrons. The predicted molar refractivity (Wildman–Crippen MR) is 120 cm³/mol. The van der Waals surface area contributed by atoms with Crippen LogP contribution in [0.25, 0.3) is 11.3 Å². The van der Waals surface area contributed by atoms with Crippen molar-refractivity contribution in [3.05, 3.63) is 76.3 Å². The Balaban J connectivity index is 1.74. The van der Waals surface area contributed by atoms with Crippen LogP contribution in [0.4, 0.5) is 18.9 Å². The minimum absolute atomic E-state index is 0.0194. The van der Waals surface area contributed by atoms with Crippen molar-refractivity contribution in [3.63, 3.8) is 0 Å². The number of halogens is 4. The molecule has 1 aliphatic heterocycles. The number of carbonyl (C=O) groups is 2. The van der Waals surface area contributed by atoms with Crippen molar-refractivity contribution in [2.24, 2.45) is 0 Å². The van der Waals surface area contributed by atoms with Gasteiger partial charge in [-0.2, -0.15) is 18.4 Å². The van der Waals surface area contributed by atoms with E-state index in [1.54, 1.807) is 60.7 Å². The van der Waals surface area contributed by atoms with E-state index in [2.05, 4.69) is 20.9 Å². The lowest BCUT2D eigenvalue weighted by Gasteiger charge is -2.17. The van der Waals surface area contributed by atoms with Gasteiger partial charge in [0.25, 0.3) is 0 Å². The number of nitrogens with zero attached hydrogens (tertiary/aromatic N) is 3. The van der Waals surface area contributed by atoms with Crippen molar-refractivity contribution < 1.29 is 22.8 Å². The van der Waals surface area contributed by atoms with E-state index in [-0.39, 0.29) is 17.1 Å². The third-order valence-electron chi connectivity index (χ3n) is 4.92. The molecule has 2 aromatic carbocycles. The van der Waals surface area contributed by atoms with Crippen LogP contribution in [0.3, 0.4) is 0 Å². The maximum Gasteiger partial charge on any atom is 0.417 e. The molecule has 1 aliphatic rings. The molecule has 33 heavy (non-hydrogen) atoms. The second-order valence-electron chi connectivity index (χ2n) is 7.07. The lowest BCUT2D eigenvalue weighted by molar-refractivity contribution is -0.138. The van der Waals surface area contributed by atoms with E-state index in [9.17, 15) is 28.0 Å². The second-order valence-corrected chi connectivity index (χ2v) is 9.17. The second kappa shape index (κ2) is 9.00. The van der Waals surface area contributed by atoms with E-state index in [4.69, 9.17) is 0 Å². The Morgan fingerprint density at radius 2 is 1.76 bits per heavy atom. The van der Waals surface area contributed by atoms with Gasteiger partial charge in [0, 0.05) is 16.5 Å². The predicted octanol–water partition coefficient (Wildman–Crippen LogP) is 5.83. The molecule has 5 nitrogen and oxygen atoms in total. The zero-order chi connectivity index (χ0) is 23.8. The van der Waals surface area contributed by atoms with Gasteiger partial charge in [-0.1, -0.05) is 58.0 Å². The van der Waals surface area contributed by atoms with E-state index in [0.717, 1.165) is 15.4 Å². The van der Waals surface area contributed by atoms with Gasteiger partial charge in [0.2, 0.25) is 11.8 Å². The quantitative estimate of drug-likeness (QED) is 0.396. The van der Waals surface area contributed by atoms with Crippen LogP contribution in [0.2, 0.25) is 0 Å². The van der Waals surface area contributed by atoms with Crippen LogP contribution in [0.15, 0.2) is 70.2 Å². The van der Waals surface area contributed by atoms with Gasteiger partial charge in [-0.05, 0) is 30.3 Å². The van der Waals surface area contributed by atoms with Gasteiger partial charge < -0.3 is 0 Å². The number of alkyl halides is 3. The van der Waals surface area contributed by atoms with Crippen molar-refractivity contribution in [2.75, 3.05) is 4.90 Å². The number of imide groups is 1. The van der Waals surface area contributed by atoms with E-state index >= 15 is 0 Å². The summed E-state index contributed by atoms with van der Waals surface area (Å²) in [5.41, 5.74) is -0.998.